The number of H-pyrrole nitrogens is 1. The van der Waals surface area contributed by atoms with Crippen LogP contribution in [0.25, 0.3) is 0 Å². The molecule has 0 aliphatic carbocycles. The number of benzene rings is 1. The van der Waals surface area contributed by atoms with Crippen LogP contribution in [0.5, 0.6) is 0 Å². The Morgan fingerprint density at radius 3 is 2.86 bits per heavy atom. The molecule has 2 aromatic heterocycles. The van der Waals surface area contributed by atoms with Crippen LogP contribution >= 0.6 is 0 Å². The van der Waals surface area contributed by atoms with E-state index in [1.54, 1.807) is 12.3 Å². The van der Waals surface area contributed by atoms with Crippen LogP contribution in [0.4, 0.5) is 0 Å². The van der Waals surface area contributed by atoms with Gasteiger partial charge in [-0.2, -0.15) is 0 Å². The lowest BCUT2D eigenvalue weighted by Gasteiger charge is -2.47. The third kappa shape index (κ3) is 3.24. The molecular formula is C22H25N3O3. The van der Waals surface area contributed by atoms with Crippen LogP contribution in [0.3, 0.4) is 0 Å². The summed E-state index contributed by atoms with van der Waals surface area (Å²) >= 11 is 0. The summed E-state index contributed by atoms with van der Waals surface area (Å²) in [6.45, 7) is 6.25. The molecule has 1 aliphatic rings. The molecule has 3 heterocycles. The van der Waals surface area contributed by atoms with Gasteiger partial charge in [-0.3, -0.25) is 4.90 Å². The zero-order valence-electron chi connectivity index (χ0n) is 16.1. The van der Waals surface area contributed by atoms with E-state index >= 15 is 0 Å². The highest BCUT2D eigenvalue weighted by Gasteiger charge is 2.41. The number of carbonyl (C=O) groups is 1. The number of nitrogens with one attached hydrogen (secondary N) is 1. The summed E-state index contributed by atoms with van der Waals surface area (Å²) < 4.78 is 5.11. The number of likely N-dealkylation sites (tertiary alicyclic amines) is 1. The molecule has 6 heteroatoms. The average molecular weight is 379 g/mol. The molecule has 3 atom stereocenters. The molecule has 1 aliphatic heterocycles. The molecule has 2 N–H and O–H groups in total. The lowest BCUT2D eigenvalue weighted by Crippen LogP contribution is -2.48. The van der Waals surface area contributed by atoms with Crippen molar-refractivity contribution in [2.24, 2.45) is 5.92 Å². The van der Waals surface area contributed by atoms with Crippen LogP contribution in [0.1, 0.15) is 53.6 Å². The third-order valence-corrected chi connectivity index (χ3v) is 6.30. The largest absolute Gasteiger partial charge is 0.478 e. The van der Waals surface area contributed by atoms with Crippen molar-refractivity contribution in [2.75, 3.05) is 13.1 Å². The van der Waals surface area contributed by atoms with E-state index in [9.17, 15) is 9.90 Å². The zero-order valence-corrected chi connectivity index (χ0v) is 16.1. The lowest BCUT2D eigenvalue weighted by molar-refractivity contribution is 0.0695. The van der Waals surface area contributed by atoms with Gasteiger partial charge in [-0.1, -0.05) is 31.1 Å². The van der Waals surface area contributed by atoms with Gasteiger partial charge in [-0.25, -0.2) is 4.79 Å². The number of aromatic nitrogens is 2. The van der Waals surface area contributed by atoms with Crippen molar-refractivity contribution in [1.29, 1.82) is 0 Å². The van der Waals surface area contributed by atoms with Crippen molar-refractivity contribution in [3.63, 3.8) is 0 Å². The molecule has 0 bridgehead atoms. The van der Waals surface area contributed by atoms with Gasteiger partial charge in [0.2, 0.25) is 0 Å². The van der Waals surface area contributed by atoms with Gasteiger partial charge in [0, 0.05) is 31.0 Å². The number of aromatic carboxylic acids is 1. The van der Waals surface area contributed by atoms with Gasteiger partial charge in [-0.15, -0.1) is 0 Å². The van der Waals surface area contributed by atoms with E-state index in [2.05, 4.69) is 41.0 Å². The highest BCUT2D eigenvalue weighted by molar-refractivity contribution is 5.87. The van der Waals surface area contributed by atoms with Crippen molar-refractivity contribution in [3.8, 4) is 0 Å². The molecule has 4 rings (SSSR count). The summed E-state index contributed by atoms with van der Waals surface area (Å²) in [7, 11) is 0. The number of hydrogen-bond donors (Lipinski definition) is 2. The van der Waals surface area contributed by atoms with Crippen molar-refractivity contribution >= 4 is 5.97 Å². The quantitative estimate of drug-likeness (QED) is 0.698. The number of rotatable bonds is 5. The third-order valence-electron chi connectivity index (χ3n) is 6.30. The fourth-order valence-corrected chi connectivity index (χ4v) is 4.36. The first kappa shape index (κ1) is 18.5. The Morgan fingerprint density at radius 2 is 2.21 bits per heavy atom. The van der Waals surface area contributed by atoms with Crippen molar-refractivity contribution < 1.29 is 14.4 Å². The summed E-state index contributed by atoms with van der Waals surface area (Å²) in [5.74, 6) is -0.539. The zero-order chi connectivity index (χ0) is 19.7. The van der Waals surface area contributed by atoms with Crippen LogP contribution in [0.2, 0.25) is 0 Å². The normalized spacial score (nSPS) is 24.1. The second-order valence-electron chi connectivity index (χ2n) is 7.90. The Balaban J connectivity index is 1.61. The number of carboxylic acid groups (broad SMARTS) is 1. The van der Waals surface area contributed by atoms with Crippen LogP contribution < -0.4 is 0 Å². The second-order valence-corrected chi connectivity index (χ2v) is 7.90. The van der Waals surface area contributed by atoms with E-state index in [1.807, 2.05) is 30.5 Å². The highest BCUT2D eigenvalue weighted by Crippen LogP contribution is 2.42. The number of hydrogen-bond acceptors (Lipinski definition) is 4. The molecule has 0 spiro atoms. The summed E-state index contributed by atoms with van der Waals surface area (Å²) in [5.41, 5.74) is 3.35. The topological polar surface area (TPSA) is 82.4 Å². The molecule has 146 valence electrons. The maximum absolute atomic E-state index is 11.4. The first-order chi connectivity index (χ1) is 13.5. The van der Waals surface area contributed by atoms with Gasteiger partial charge in [0.05, 0.1) is 11.6 Å². The van der Waals surface area contributed by atoms with E-state index in [0.717, 1.165) is 36.5 Å². The smallest absolute Gasteiger partial charge is 0.335 e. The van der Waals surface area contributed by atoms with Crippen molar-refractivity contribution in [3.05, 3.63) is 77.4 Å². The van der Waals surface area contributed by atoms with Gasteiger partial charge in [0.15, 0.2) is 0 Å². The number of nitrogens with zero attached hydrogens (tertiary/aromatic N) is 2. The molecule has 0 amide bonds. The predicted octanol–water partition coefficient (Wildman–Crippen LogP) is 4.09. The van der Waals surface area contributed by atoms with Crippen LogP contribution in [0.15, 0.2) is 59.4 Å². The Bertz CT molecular complexity index is 902. The lowest BCUT2D eigenvalue weighted by atomic mass is 9.67. The van der Waals surface area contributed by atoms with Gasteiger partial charge in [-0.05, 0) is 47.6 Å². The van der Waals surface area contributed by atoms with E-state index in [0.29, 0.717) is 11.5 Å². The summed E-state index contributed by atoms with van der Waals surface area (Å²) in [6.07, 6.45) is 4.48. The monoisotopic (exact) mass is 379 g/mol. The summed E-state index contributed by atoms with van der Waals surface area (Å²) in [4.78, 5) is 17.1. The molecule has 0 saturated carbocycles. The minimum Gasteiger partial charge on any atom is -0.478 e. The van der Waals surface area contributed by atoms with E-state index in [-0.39, 0.29) is 11.5 Å². The standard InChI is InChI=1S/C22H25N3O3/c1-15-14-25(20(18-7-4-10-23-18)19-8-12-28-24-19)11-9-22(15,2)17-6-3-5-16(13-17)21(26)27/h3-8,10,12-13,15,20,23H,9,11,14H2,1-2H3,(H,26,27)/t15-,20?,22+/m0/s1. The maximum Gasteiger partial charge on any atom is 0.335 e. The average Bonchev–Trinajstić information content (AvgIpc) is 3.40. The Hall–Kier alpha value is -2.86. The van der Waals surface area contributed by atoms with Gasteiger partial charge in [0.1, 0.15) is 12.0 Å². The number of aromatic amines is 1. The Kier molecular flexibility index (Phi) is 4.81. The molecule has 1 aromatic carbocycles. The maximum atomic E-state index is 11.4. The van der Waals surface area contributed by atoms with Crippen LogP contribution in [-0.2, 0) is 5.41 Å². The summed E-state index contributed by atoms with van der Waals surface area (Å²) in [5, 5.41) is 13.6. The molecule has 28 heavy (non-hydrogen) atoms. The van der Waals surface area contributed by atoms with Gasteiger partial charge < -0.3 is 14.6 Å². The summed E-state index contributed by atoms with van der Waals surface area (Å²) in [6, 6.07) is 13.4. The van der Waals surface area contributed by atoms with E-state index < -0.39 is 5.97 Å². The fraction of sp³-hybridized carbons (Fsp3) is 0.364. The van der Waals surface area contributed by atoms with Crippen molar-refractivity contribution in [2.45, 2.75) is 31.7 Å². The molecule has 0 radical (unpaired) electrons. The molecule has 1 saturated heterocycles. The van der Waals surface area contributed by atoms with E-state index in [4.69, 9.17) is 4.52 Å². The fourth-order valence-electron chi connectivity index (χ4n) is 4.36. The molecule has 1 fully saturated rings. The number of piperidine rings is 1. The van der Waals surface area contributed by atoms with Crippen LogP contribution in [-0.4, -0.2) is 39.2 Å². The van der Waals surface area contributed by atoms with E-state index in [1.165, 1.54) is 0 Å². The molecule has 6 nitrogen and oxygen atoms in total. The van der Waals surface area contributed by atoms with Gasteiger partial charge >= 0.3 is 5.97 Å². The first-order valence-electron chi connectivity index (χ1n) is 9.60. The van der Waals surface area contributed by atoms with Crippen molar-refractivity contribution in [1.82, 2.24) is 15.0 Å². The minimum atomic E-state index is -0.881. The first-order valence-corrected chi connectivity index (χ1v) is 9.60. The SMILES string of the molecule is C[C@H]1CN(C(c2ccon2)c2ccc[nH]2)CC[C@@]1(C)c1cccc(C(=O)O)c1. The second kappa shape index (κ2) is 7.28. The van der Waals surface area contributed by atoms with Gasteiger partial charge in [0.25, 0.3) is 0 Å². The molecular weight excluding hydrogens is 354 g/mol. The Labute approximate surface area is 164 Å². The predicted molar refractivity (Wildman–Crippen MR) is 105 cm³/mol. The Morgan fingerprint density at radius 1 is 1.36 bits per heavy atom. The molecule has 1 unspecified atom stereocenters. The number of carboxylic acids is 1. The highest BCUT2D eigenvalue weighted by atomic mass is 16.5. The minimum absolute atomic E-state index is 0.0195. The molecule has 3 aromatic rings. The van der Waals surface area contributed by atoms with Crippen LogP contribution in [0, 0.1) is 5.92 Å².